The molecule has 2 N–H and O–H groups in total. The van der Waals surface area contributed by atoms with Gasteiger partial charge in [0.25, 0.3) is 5.91 Å². The Balaban J connectivity index is 1.85. The van der Waals surface area contributed by atoms with Crippen molar-refractivity contribution >= 4 is 22.4 Å². The fraction of sp³-hybridized carbons (Fsp3) is 0.0556. The molecule has 114 valence electrons. The maximum absolute atomic E-state index is 12.3. The maximum Gasteiger partial charge on any atom is 0.275 e. The van der Waals surface area contributed by atoms with E-state index < -0.39 is 5.91 Å². The fourth-order valence-corrected chi connectivity index (χ4v) is 2.25. The van der Waals surface area contributed by atoms with Gasteiger partial charge in [-0.25, -0.2) is 5.43 Å². The minimum Gasteiger partial charge on any atom is -0.507 e. The third kappa shape index (κ3) is 3.18. The number of phenols is 1. The van der Waals surface area contributed by atoms with Gasteiger partial charge in [-0.15, -0.1) is 0 Å². The molecule has 23 heavy (non-hydrogen) atoms. The number of benzene rings is 2. The van der Waals surface area contributed by atoms with E-state index in [-0.39, 0.29) is 11.3 Å². The van der Waals surface area contributed by atoms with E-state index in [1.807, 2.05) is 30.3 Å². The van der Waals surface area contributed by atoms with Gasteiger partial charge < -0.3 is 5.11 Å². The second-order valence-corrected chi connectivity index (χ2v) is 5.10. The smallest absolute Gasteiger partial charge is 0.275 e. The van der Waals surface area contributed by atoms with Gasteiger partial charge in [0, 0.05) is 18.0 Å². The van der Waals surface area contributed by atoms with Crippen molar-refractivity contribution in [1.29, 1.82) is 0 Å². The van der Waals surface area contributed by atoms with Gasteiger partial charge in [0.05, 0.1) is 11.3 Å². The number of carbonyl (C=O) groups excluding carboxylic acids is 1. The molecule has 0 bridgehead atoms. The molecule has 1 aromatic heterocycles. The Bertz CT molecular complexity index is 889. The van der Waals surface area contributed by atoms with Crippen molar-refractivity contribution in [2.75, 3.05) is 0 Å². The summed E-state index contributed by atoms with van der Waals surface area (Å²) >= 11 is 0. The Morgan fingerprint density at radius 1 is 1.13 bits per heavy atom. The Labute approximate surface area is 133 Å². The third-order valence-electron chi connectivity index (χ3n) is 3.51. The normalized spacial score (nSPS) is 11.4. The van der Waals surface area contributed by atoms with Gasteiger partial charge >= 0.3 is 0 Å². The maximum atomic E-state index is 12.3. The number of carbonyl (C=O) groups is 1. The van der Waals surface area contributed by atoms with Gasteiger partial charge in [0.1, 0.15) is 5.75 Å². The molecule has 0 spiro atoms. The van der Waals surface area contributed by atoms with E-state index in [9.17, 15) is 9.90 Å². The summed E-state index contributed by atoms with van der Waals surface area (Å²) in [6.07, 6.45) is 3.33. The van der Waals surface area contributed by atoms with Gasteiger partial charge in [0.2, 0.25) is 0 Å². The molecule has 0 aliphatic carbocycles. The minimum atomic E-state index is -0.462. The number of aromatic hydroxyl groups is 1. The summed E-state index contributed by atoms with van der Waals surface area (Å²) in [5.74, 6) is -0.535. The standard InChI is InChI=1S/C18H15N3O2/c1-12(15-7-4-8-19-11-15)20-21-18(23)16-9-13-5-2-3-6-14(13)10-17(16)22/h2-11,22H,1H3,(H,21,23)/b20-12+. The van der Waals surface area contributed by atoms with Gasteiger partial charge in [-0.2, -0.15) is 5.10 Å². The van der Waals surface area contributed by atoms with Crippen LogP contribution in [0.1, 0.15) is 22.8 Å². The zero-order chi connectivity index (χ0) is 16.2. The first-order valence-electron chi connectivity index (χ1n) is 7.12. The lowest BCUT2D eigenvalue weighted by molar-refractivity contribution is 0.0952. The highest BCUT2D eigenvalue weighted by atomic mass is 16.3. The Morgan fingerprint density at radius 2 is 1.87 bits per heavy atom. The van der Waals surface area contributed by atoms with Crippen molar-refractivity contribution in [1.82, 2.24) is 10.4 Å². The molecule has 0 saturated carbocycles. The number of nitrogens with one attached hydrogen (secondary N) is 1. The van der Waals surface area contributed by atoms with Crippen LogP contribution in [0.15, 0.2) is 66.0 Å². The van der Waals surface area contributed by atoms with Crippen molar-refractivity contribution in [2.45, 2.75) is 6.92 Å². The highest BCUT2D eigenvalue weighted by molar-refractivity contribution is 6.03. The van der Waals surface area contributed by atoms with Crippen LogP contribution in [0.4, 0.5) is 0 Å². The van der Waals surface area contributed by atoms with Crippen LogP contribution in [0.3, 0.4) is 0 Å². The summed E-state index contributed by atoms with van der Waals surface area (Å²) in [4.78, 5) is 16.3. The van der Waals surface area contributed by atoms with Crippen molar-refractivity contribution in [2.24, 2.45) is 5.10 Å². The molecule has 2 aromatic carbocycles. The van der Waals surface area contributed by atoms with E-state index in [0.29, 0.717) is 5.71 Å². The summed E-state index contributed by atoms with van der Waals surface area (Å²) < 4.78 is 0. The van der Waals surface area contributed by atoms with Crippen molar-refractivity contribution in [3.05, 3.63) is 72.1 Å². The first-order chi connectivity index (χ1) is 11.1. The van der Waals surface area contributed by atoms with Crippen LogP contribution in [0.2, 0.25) is 0 Å². The number of hydrogen-bond acceptors (Lipinski definition) is 4. The van der Waals surface area contributed by atoms with E-state index >= 15 is 0 Å². The highest BCUT2D eigenvalue weighted by Gasteiger charge is 2.12. The number of hydrazone groups is 1. The molecule has 1 heterocycles. The first-order valence-corrected chi connectivity index (χ1v) is 7.12. The number of fused-ring (bicyclic) bond motifs is 1. The summed E-state index contributed by atoms with van der Waals surface area (Å²) in [7, 11) is 0. The number of aromatic nitrogens is 1. The topological polar surface area (TPSA) is 74.6 Å². The van der Waals surface area contributed by atoms with Crippen molar-refractivity contribution < 1.29 is 9.90 Å². The Kier molecular flexibility index (Phi) is 4.01. The van der Waals surface area contributed by atoms with Crippen molar-refractivity contribution in [3.8, 4) is 5.75 Å². The first kappa shape index (κ1) is 14.7. The number of amides is 1. The molecular weight excluding hydrogens is 290 g/mol. The summed E-state index contributed by atoms with van der Waals surface area (Å²) in [6.45, 7) is 1.78. The number of nitrogens with zero attached hydrogens (tertiary/aromatic N) is 2. The molecule has 0 aliphatic rings. The average molecular weight is 305 g/mol. The lowest BCUT2D eigenvalue weighted by Gasteiger charge is -2.06. The largest absolute Gasteiger partial charge is 0.507 e. The van der Waals surface area contributed by atoms with Crippen LogP contribution in [0.25, 0.3) is 10.8 Å². The molecule has 3 rings (SSSR count). The predicted octanol–water partition coefficient (Wildman–Crippen LogP) is 3.09. The minimum absolute atomic E-state index is 0.0737. The van der Waals surface area contributed by atoms with E-state index in [1.165, 1.54) is 0 Å². The molecule has 5 nitrogen and oxygen atoms in total. The lowest BCUT2D eigenvalue weighted by Crippen LogP contribution is -2.19. The third-order valence-corrected chi connectivity index (χ3v) is 3.51. The molecule has 0 atom stereocenters. The van der Waals surface area contributed by atoms with E-state index in [2.05, 4.69) is 15.5 Å². The quantitative estimate of drug-likeness (QED) is 0.577. The number of pyridine rings is 1. The van der Waals surface area contributed by atoms with Gasteiger partial charge in [-0.3, -0.25) is 9.78 Å². The van der Waals surface area contributed by atoms with Crippen LogP contribution in [0.5, 0.6) is 5.75 Å². The SMILES string of the molecule is C/C(=N\NC(=O)c1cc2ccccc2cc1O)c1cccnc1. The lowest BCUT2D eigenvalue weighted by atomic mass is 10.1. The molecule has 0 unspecified atom stereocenters. The second-order valence-electron chi connectivity index (χ2n) is 5.10. The number of rotatable bonds is 3. The number of hydrogen-bond donors (Lipinski definition) is 2. The molecule has 5 heteroatoms. The summed E-state index contributed by atoms with van der Waals surface area (Å²) in [6, 6.07) is 14.4. The van der Waals surface area contributed by atoms with Crippen LogP contribution < -0.4 is 5.43 Å². The van der Waals surface area contributed by atoms with Gasteiger partial charge in [-0.05, 0) is 35.9 Å². The van der Waals surface area contributed by atoms with Crippen LogP contribution in [0, 0.1) is 0 Å². The zero-order valence-corrected chi connectivity index (χ0v) is 12.5. The average Bonchev–Trinajstić information content (AvgIpc) is 2.59. The number of phenolic OH excluding ortho intramolecular Hbond substituents is 1. The highest BCUT2D eigenvalue weighted by Crippen LogP contribution is 2.24. The molecule has 0 aliphatic heterocycles. The van der Waals surface area contributed by atoms with E-state index in [0.717, 1.165) is 16.3 Å². The molecule has 0 saturated heterocycles. The second kappa shape index (κ2) is 6.27. The monoisotopic (exact) mass is 305 g/mol. The predicted molar refractivity (Wildman–Crippen MR) is 89.5 cm³/mol. The zero-order valence-electron chi connectivity index (χ0n) is 12.5. The van der Waals surface area contributed by atoms with Crippen LogP contribution >= 0.6 is 0 Å². The van der Waals surface area contributed by atoms with E-state index in [1.54, 1.807) is 37.5 Å². The van der Waals surface area contributed by atoms with Crippen LogP contribution in [-0.4, -0.2) is 21.7 Å². The van der Waals surface area contributed by atoms with Crippen molar-refractivity contribution in [3.63, 3.8) is 0 Å². The van der Waals surface area contributed by atoms with Gasteiger partial charge in [-0.1, -0.05) is 30.3 Å². The fourth-order valence-electron chi connectivity index (χ4n) is 2.25. The Morgan fingerprint density at radius 3 is 2.57 bits per heavy atom. The molecular formula is C18H15N3O2. The van der Waals surface area contributed by atoms with E-state index in [4.69, 9.17) is 0 Å². The molecule has 0 fully saturated rings. The summed E-state index contributed by atoms with van der Waals surface area (Å²) in [5.41, 5.74) is 4.10. The molecule has 0 radical (unpaired) electrons. The summed E-state index contributed by atoms with van der Waals surface area (Å²) in [5, 5.41) is 15.8. The molecule has 1 amide bonds. The Hall–Kier alpha value is -3.21. The van der Waals surface area contributed by atoms with Crippen LogP contribution in [-0.2, 0) is 0 Å². The van der Waals surface area contributed by atoms with Gasteiger partial charge in [0.15, 0.2) is 0 Å². The molecule has 3 aromatic rings.